The second-order valence-electron chi connectivity index (χ2n) is 8.35. The molecule has 1 atom stereocenters. The molecule has 1 aromatic carbocycles. The molecule has 4 aromatic rings. The van der Waals surface area contributed by atoms with Crippen LogP contribution in [0.15, 0.2) is 74.1 Å². The van der Waals surface area contributed by atoms with Gasteiger partial charge in [-0.2, -0.15) is 5.10 Å². The Balaban J connectivity index is 1.67. The number of carbonyl (C=O) groups is 1. The van der Waals surface area contributed by atoms with E-state index in [2.05, 4.69) is 15.4 Å². The normalized spacial score (nSPS) is 15.8. The molecule has 1 aliphatic heterocycles. The van der Waals surface area contributed by atoms with Gasteiger partial charge in [-0.15, -0.1) is 0 Å². The molecule has 4 heterocycles. The number of rotatable bonds is 5. The number of para-hydroxylation sites is 1. The third kappa shape index (κ3) is 4.08. The van der Waals surface area contributed by atoms with Crippen LogP contribution in [0.2, 0.25) is 0 Å². The summed E-state index contributed by atoms with van der Waals surface area (Å²) < 4.78 is 9.90. The molecule has 1 N–H and O–H groups in total. The molecular formula is C26H25N5O3S. The Morgan fingerprint density at radius 3 is 2.60 bits per heavy atom. The van der Waals surface area contributed by atoms with E-state index in [9.17, 15) is 9.59 Å². The molecule has 178 valence electrons. The van der Waals surface area contributed by atoms with E-state index in [1.165, 1.54) is 11.3 Å². The summed E-state index contributed by atoms with van der Waals surface area (Å²) in [5.41, 5.74) is 3.20. The molecule has 0 fully saturated rings. The number of fused-ring (bicyclic) bond motifs is 1. The summed E-state index contributed by atoms with van der Waals surface area (Å²) in [5, 5.41) is 7.31. The van der Waals surface area contributed by atoms with Crippen molar-refractivity contribution < 1.29 is 9.21 Å². The van der Waals surface area contributed by atoms with E-state index >= 15 is 0 Å². The molecule has 0 spiro atoms. The van der Waals surface area contributed by atoms with Gasteiger partial charge in [-0.05, 0) is 58.0 Å². The predicted molar refractivity (Wildman–Crippen MR) is 135 cm³/mol. The Morgan fingerprint density at radius 2 is 1.94 bits per heavy atom. The van der Waals surface area contributed by atoms with Crippen molar-refractivity contribution >= 4 is 29.0 Å². The van der Waals surface area contributed by atoms with Crippen LogP contribution < -0.4 is 20.2 Å². The van der Waals surface area contributed by atoms with Crippen LogP contribution in [-0.4, -0.2) is 20.3 Å². The zero-order valence-corrected chi connectivity index (χ0v) is 20.7. The molecule has 0 bridgehead atoms. The highest BCUT2D eigenvalue weighted by Gasteiger charge is 2.34. The minimum Gasteiger partial charge on any atom is -0.464 e. The Morgan fingerprint density at radius 1 is 1.17 bits per heavy atom. The maximum absolute atomic E-state index is 13.7. The SMILES string of the molecule is CCn1ncc(C=c2sc3n(c2=O)[C@@H](c2ccc(C)o2)C(C(=O)Nc2ccccc2)=C(C)N=3)c1C. The fourth-order valence-corrected chi connectivity index (χ4v) is 5.30. The van der Waals surface area contributed by atoms with E-state index in [0.717, 1.165) is 17.8 Å². The smallest absolute Gasteiger partial charge is 0.271 e. The molecule has 0 saturated heterocycles. The van der Waals surface area contributed by atoms with E-state index < -0.39 is 6.04 Å². The average molecular weight is 488 g/mol. The van der Waals surface area contributed by atoms with E-state index in [1.807, 2.05) is 67.9 Å². The number of aromatic nitrogens is 3. The van der Waals surface area contributed by atoms with Gasteiger partial charge in [0.1, 0.15) is 17.6 Å². The Hall–Kier alpha value is -3.98. The summed E-state index contributed by atoms with van der Waals surface area (Å²) in [4.78, 5) is 32.3. The van der Waals surface area contributed by atoms with Crippen molar-refractivity contribution in [2.24, 2.45) is 4.99 Å². The Bertz CT molecular complexity index is 1640. The highest BCUT2D eigenvalue weighted by molar-refractivity contribution is 7.07. The largest absolute Gasteiger partial charge is 0.464 e. The lowest BCUT2D eigenvalue weighted by Gasteiger charge is -2.23. The zero-order valence-electron chi connectivity index (χ0n) is 19.9. The first-order valence-corrected chi connectivity index (χ1v) is 12.2. The molecule has 0 radical (unpaired) electrons. The lowest BCUT2D eigenvalue weighted by atomic mass is 10.00. The summed E-state index contributed by atoms with van der Waals surface area (Å²) in [6.07, 6.45) is 3.60. The van der Waals surface area contributed by atoms with Gasteiger partial charge in [-0.3, -0.25) is 18.8 Å². The first-order valence-electron chi connectivity index (χ1n) is 11.3. The van der Waals surface area contributed by atoms with Gasteiger partial charge in [0.05, 0.1) is 22.0 Å². The number of allylic oxidation sites excluding steroid dienone is 1. The third-order valence-electron chi connectivity index (χ3n) is 6.06. The third-order valence-corrected chi connectivity index (χ3v) is 7.04. The Labute approximate surface area is 205 Å². The molecule has 9 heteroatoms. The number of furan rings is 1. The van der Waals surface area contributed by atoms with Crippen molar-refractivity contribution in [1.29, 1.82) is 0 Å². The number of thiazole rings is 1. The lowest BCUT2D eigenvalue weighted by molar-refractivity contribution is -0.113. The van der Waals surface area contributed by atoms with E-state index in [4.69, 9.17) is 4.42 Å². The van der Waals surface area contributed by atoms with Gasteiger partial charge in [0.2, 0.25) is 0 Å². The van der Waals surface area contributed by atoms with Gasteiger partial charge >= 0.3 is 0 Å². The van der Waals surface area contributed by atoms with Crippen molar-refractivity contribution in [3.8, 4) is 0 Å². The Kier molecular flexibility index (Phi) is 5.86. The number of nitrogens with one attached hydrogen (secondary N) is 1. The number of aryl methyl sites for hydroxylation is 2. The van der Waals surface area contributed by atoms with Gasteiger partial charge < -0.3 is 9.73 Å². The molecule has 1 amide bonds. The minimum absolute atomic E-state index is 0.228. The van der Waals surface area contributed by atoms with Crippen LogP contribution in [0.1, 0.15) is 42.7 Å². The van der Waals surface area contributed by atoms with Gasteiger partial charge in [-0.1, -0.05) is 29.5 Å². The number of nitrogens with zero attached hydrogens (tertiary/aromatic N) is 4. The summed E-state index contributed by atoms with van der Waals surface area (Å²) in [6, 6.07) is 12.1. The summed E-state index contributed by atoms with van der Waals surface area (Å²) in [6.45, 7) is 8.37. The number of amides is 1. The monoisotopic (exact) mass is 487 g/mol. The van der Waals surface area contributed by atoms with Crippen molar-refractivity contribution in [3.63, 3.8) is 0 Å². The number of anilines is 1. The van der Waals surface area contributed by atoms with Gasteiger partial charge in [0, 0.05) is 23.5 Å². The number of hydrogen-bond donors (Lipinski definition) is 1. The van der Waals surface area contributed by atoms with Crippen molar-refractivity contribution in [3.05, 3.63) is 102 Å². The zero-order chi connectivity index (χ0) is 24.7. The highest BCUT2D eigenvalue weighted by atomic mass is 32.1. The predicted octanol–water partition coefficient (Wildman–Crippen LogP) is 3.30. The van der Waals surface area contributed by atoms with Crippen LogP contribution in [0.5, 0.6) is 0 Å². The van der Waals surface area contributed by atoms with Crippen LogP contribution in [0.4, 0.5) is 5.69 Å². The first-order chi connectivity index (χ1) is 16.9. The van der Waals surface area contributed by atoms with Crippen LogP contribution in [0, 0.1) is 13.8 Å². The standard InChI is InChI=1S/C26H25N5O3S/c1-5-30-17(4)18(14-27-30)13-21-25(33)31-23(20-12-11-15(2)34-20)22(16(3)28-26(31)35-21)24(32)29-19-9-7-6-8-10-19/h6-14,23H,5H2,1-4H3,(H,29,32)/t23-/m0/s1. The number of benzene rings is 1. The quantitative estimate of drug-likeness (QED) is 0.467. The highest BCUT2D eigenvalue weighted by Crippen LogP contribution is 2.31. The van der Waals surface area contributed by atoms with Gasteiger partial charge in [0.15, 0.2) is 4.80 Å². The van der Waals surface area contributed by atoms with Crippen LogP contribution in [0.3, 0.4) is 0 Å². The maximum Gasteiger partial charge on any atom is 0.271 e. The average Bonchev–Trinajstić information content (AvgIpc) is 3.51. The molecule has 0 saturated carbocycles. The number of hydrogen-bond acceptors (Lipinski definition) is 6. The van der Waals surface area contributed by atoms with Crippen LogP contribution in [0.25, 0.3) is 6.08 Å². The van der Waals surface area contributed by atoms with Crippen molar-refractivity contribution in [2.75, 3.05) is 5.32 Å². The van der Waals surface area contributed by atoms with Crippen molar-refractivity contribution in [2.45, 2.75) is 40.3 Å². The molecule has 5 rings (SSSR count). The molecule has 0 aliphatic carbocycles. The van der Waals surface area contributed by atoms with Gasteiger partial charge in [-0.25, -0.2) is 4.99 Å². The van der Waals surface area contributed by atoms with Crippen LogP contribution >= 0.6 is 11.3 Å². The van der Waals surface area contributed by atoms with E-state index in [0.29, 0.717) is 37.8 Å². The molecule has 3 aromatic heterocycles. The second kappa shape index (κ2) is 8.99. The van der Waals surface area contributed by atoms with Crippen molar-refractivity contribution in [1.82, 2.24) is 14.3 Å². The molecule has 35 heavy (non-hydrogen) atoms. The lowest BCUT2D eigenvalue weighted by Crippen LogP contribution is -2.40. The van der Waals surface area contributed by atoms with Gasteiger partial charge in [0.25, 0.3) is 11.5 Å². The fourth-order valence-electron chi connectivity index (χ4n) is 4.26. The summed E-state index contributed by atoms with van der Waals surface area (Å²) in [7, 11) is 0. The number of carbonyl (C=O) groups excluding carboxylic acids is 1. The second-order valence-corrected chi connectivity index (χ2v) is 9.36. The maximum atomic E-state index is 13.7. The first kappa shape index (κ1) is 22.8. The molecule has 1 aliphatic rings. The van der Waals surface area contributed by atoms with Crippen LogP contribution in [-0.2, 0) is 11.3 Å². The van der Waals surface area contributed by atoms with E-state index in [1.54, 1.807) is 23.8 Å². The fraction of sp³-hybridized carbons (Fsp3) is 0.231. The molecule has 0 unspecified atom stereocenters. The topological polar surface area (TPSA) is 94.4 Å². The molecule has 8 nitrogen and oxygen atoms in total. The van der Waals surface area contributed by atoms with E-state index in [-0.39, 0.29) is 11.5 Å². The summed E-state index contributed by atoms with van der Waals surface area (Å²) >= 11 is 1.29. The minimum atomic E-state index is -0.731. The molecular weight excluding hydrogens is 462 g/mol. The summed E-state index contributed by atoms with van der Waals surface area (Å²) in [5.74, 6) is 0.880.